The molecule has 0 fully saturated rings. The molecular weight excluding hydrogens is 260 g/mol. The first-order valence-corrected chi connectivity index (χ1v) is 5.55. The van der Waals surface area contributed by atoms with Crippen LogP contribution in [0.5, 0.6) is 11.5 Å². The van der Waals surface area contributed by atoms with Gasteiger partial charge < -0.3 is 10.5 Å². The summed E-state index contributed by atoms with van der Waals surface area (Å²) >= 11 is 5.87. The molecule has 0 spiro atoms. The fourth-order valence-electron chi connectivity index (χ4n) is 1.40. The third-order valence-electron chi connectivity index (χ3n) is 2.32. The lowest BCUT2D eigenvalue weighted by Gasteiger charge is -2.09. The van der Waals surface area contributed by atoms with E-state index in [0.29, 0.717) is 17.2 Å². The molecule has 0 bridgehead atoms. The predicted octanol–water partition coefficient (Wildman–Crippen LogP) is 4.65. The predicted molar refractivity (Wildman–Crippen MR) is 67.3 cm³/mol. The number of rotatable bonds is 3. The number of anilines is 1. The maximum absolute atomic E-state index is 12.4. The van der Waals surface area contributed by atoms with Crippen LogP contribution in [0.2, 0.25) is 5.02 Å². The minimum atomic E-state index is -2.55. The van der Waals surface area contributed by atoms with E-state index in [-0.39, 0.29) is 10.6 Å². The summed E-state index contributed by atoms with van der Waals surface area (Å²) in [5.41, 5.74) is 6.02. The second-order valence-electron chi connectivity index (χ2n) is 3.66. The number of alkyl halides is 2. The first kappa shape index (κ1) is 12.6. The number of ether oxygens (including phenoxy) is 1. The molecule has 0 aliphatic heterocycles. The van der Waals surface area contributed by atoms with E-state index in [9.17, 15) is 8.78 Å². The molecule has 0 aliphatic rings. The molecule has 0 heterocycles. The molecule has 0 atom stereocenters. The molecule has 2 aromatic rings. The lowest BCUT2D eigenvalue weighted by Crippen LogP contribution is -1.89. The first-order chi connectivity index (χ1) is 8.56. The molecule has 2 aromatic carbocycles. The van der Waals surface area contributed by atoms with E-state index in [2.05, 4.69) is 0 Å². The third-order valence-corrected chi connectivity index (χ3v) is 2.61. The van der Waals surface area contributed by atoms with Crippen molar-refractivity contribution in [3.63, 3.8) is 0 Å². The van der Waals surface area contributed by atoms with E-state index in [4.69, 9.17) is 22.1 Å². The van der Waals surface area contributed by atoms with Crippen molar-refractivity contribution in [2.24, 2.45) is 0 Å². The minimum Gasteiger partial charge on any atom is -0.456 e. The summed E-state index contributed by atoms with van der Waals surface area (Å²) in [5, 5.41) is 0.143. The van der Waals surface area contributed by atoms with E-state index < -0.39 is 6.43 Å². The maximum atomic E-state index is 12.4. The molecule has 2 nitrogen and oxygen atoms in total. The molecule has 94 valence electrons. The number of hydrogen-bond acceptors (Lipinski definition) is 2. The molecule has 0 aliphatic carbocycles. The smallest absolute Gasteiger partial charge is 0.263 e. The maximum Gasteiger partial charge on any atom is 0.263 e. The lowest BCUT2D eigenvalue weighted by molar-refractivity contribution is 0.151. The van der Waals surface area contributed by atoms with Crippen molar-refractivity contribution in [1.82, 2.24) is 0 Å². The summed E-state index contributed by atoms with van der Waals surface area (Å²) in [7, 11) is 0. The average Bonchev–Trinajstić information content (AvgIpc) is 2.34. The molecule has 2 rings (SSSR count). The van der Waals surface area contributed by atoms with Crippen molar-refractivity contribution in [2.45, 2.75) is 6.43 Å². The van der Waals surface area contributed by atoms with E-state index in [1.807, 2.05) is 0 Å². The van der Waals surface area contributed by atoms with Crippen LogP contribution in [0.4, 0.5) is 14.5 Å². The Kier molecular flexibility index (Phi) is 3.67. The van der Waals surface area contributed by atoms with Gasteiger partial charge in [0.25, 0.3) is 6.43 Å². The summed E-state index contributed by atoms with van der Waals surface area (Å²) in [4.78, 5) is 0. The quantitative estimate of drug-likeness (QED) is 0.823. The second-order valence-corrected chi connectivity index (χ2v) is 4.07. The topological polar surface area (TPSA) is 35.2 Å². The molecule has 0 aromatic heterocycles. The molecule has 5 heteroatoms. The van der Waals surface area contributed by atoms with Crippen LogP contribution in [0.1, 0.15) is 12.0 Å². The fourth-order valence-corrected chi connectivity index (χ4v) is 1.63. The van der Waals surface area contributed by atoms with Crippen molar-refractivity contribution < 1.29 is 13.5 Å². The van der Waals surface area contributed by atoms with Gasteiger partial charge in [-0.15, -0.1) is 0 Å². The van der Waals surface area contributed by atoms with Gasteiger partial charge in [0.2, 0.25) is 0 Å². The number of halogens is 3. The third kappa shape index (κ3) is 2.90. The van der Waals surface area contributed by atoms with E-state index in [1.54, 1.807) is 24.3 Å². The Bertz CT molecular complexity index is 543. The van der Waals surface area contributed by atoms with E-state index >= 15 is 0 Å². The van der Waals surface area contributed by atoms with Crippen LogP contribution in [0.15, 0.2) is 42.5 Å². The monoisotopic (exact) mass is 269 g/mol. The highest BCUT2D eigenvalue weighted by Crippen LogP contribution is 2.32. The Labute approximate surface area is 108 Å². The Hall–Kier alpha value is -1.81. The molecule has 0 saturated heterocycles. The summed E-state index contributed by atoms with van der Waals surface area (Å²) in [6.07, 6.45) is -2.55. The summed E-state index contributed by atoms with van der Waals surface area (Å²) in [5.74, 6) is 0.863. The van der Waals surface area contributed by atoms with Crippen molar-refractivity contribution in [3.8, 4) is 11.5 Å². The normalized spacial score (nSPS) is 10.7. The summed E-state index contributed by atoms with van der Waals surface area (Å²) in [6, 6.07) is 10.6. The van der Waals surface area contributed by atoms with Crippen LogP contribution in [0, 0.1) is 0 Å². The van der Waals surface area contributed by atoms with Gasteiger partial charge in [-0.3, -0.25) is 0 Å². The van der Waals surface area contributed by atoms with Crippen molar-refractivity contribution in [3.05, 3.63) is 53.1 Å². The van der Waals surface area contributed by atoms with Crippen LogP contribution >= 0.6 is 11.6 Å². The Morgan fingerprint density at radius 2 is 1.72 bits per heavy atom. The number of hydrogen-bond donors (Lipinski definition) is 1. The molecule has 0 amide bonds. The van der Waals surface area contributed by atoms with Gasteiger partial charge >= 0.3 is 0 Å². The van der Waals surface area contributed by atoms with Crippen molar-refractivity contribution in [2.75, 3.05) is 5.73 Å². The minimum absolute atomic E-state index is 0.135. The number of nitrogens with two attached hydrogens (primary N) is 1. The van der Waals surface area contributed by atoms with Crippen LogP contribution < -0.4 is 10.5 Å². The van der Waals surface area contributed by atoms with Gasteiger partial charge in [-0.05, 0) is 42.5 Å². The standard InChI is InChI=1S/C13H10ClF2NO/c14-11-7-8(13(15)16)1-6-12(11)18-10-4-2-9(17)3-5-10/h1-7,13H,17H2. The highest BCUT2D eigenvalue weighted by atomic mass is 35.5. The molecule has 0 radical (unpaired) electrons. The highest BCUT2D eigenvalue weighted by Gasteiger charge is 2.10. The second kappa shape index (κ2) is 5.23. The van der Waals surface area contributed by atoms with Gasteiger partial charge in [0.1, 0.15) is 11.5 Å². The zero-order valence-corrected chi connectivity index (χ0v) is 9.99. The number of nitrogen functional groups attached to an aromatic ring is 1. The molecular formula is C13H10ClF2NO. The summed E-state index contributed by atoms with van der Waals surface area (Å²) in [6.45, 7) is 0. The van der Waals surface area contributed by atoms with Crippen molar-refractivity contribution >= 4 is 17.3 Å². The number of benzene rings is 2. The largest absolute Gasteiger partial charge is 0.456 e. The SMILES string of the molecule is Nc1ccc(Oc2ccc(C(F)F)cc2Cl)cc1. The zero-order chi connectivity index (χ0) is 13.1. The first-order valence-electron chi connectivity index (χ1n) is 5.17. The summed E-state index contributed by atoms with van der Waals surface area (Å²) < 4.78 is 30.3. The van der Waals surface area contributed by atoms with Gasteiger partial charge in [0.15, 0.2) is 0 Å². The molecule has 2 N–H and O–H groups in total. The molecule has 0 unspecified atom stereocenters. The Morgan fingerprint density at radius 3 is 2.28 bits per heavy atom. The Balaban J connectivity index is 2.22. The van der Waals surface area contributed by atoms with Gasteiger partial charge in [0.05, 0.1) is 5.02 Å². The van der Waals surface area contributed by atoms with Crippen LogP contribution in [0.3, 0.4) is 0 Å². The van der Waals surface area contributed by atoms with E-state index in [1.165, 1.54) is 18.2 Å². The van der Waals surface area contributed by atoms with E-state index in [0.717, 1.165) is 0 Å². The van der Waals surface area contributed by atoms with Gasteiger partial charge in [0, 0.05) is 11.3 Å². The lowest BCUT2D eigenvalue weighted by atomic mass is 10.2. The molecule has 18 heavy (non-hydrogen) atoms. The Morgan fingerprint density at radius 1 is 1.06 bits per heavy atom. The average molecular weight is 270 g/mol. The van der Waals surface area contributed by atoms with Crippen LogP contribution in [-0.2, 0) is 0 Å². The van der Waals surface area contributed by atoms with Gasteiger partial charge in [-0.2, -0.15) is 0 Å². The van der Waals surface area contributed by atoms with Gasteiger partial charge in [-0.25, -0.2) is 8.78 Å². The van der Waals surface area contributed by atoms with Crippen LogP contribution in [0.25, 0.3) is 0 Å². The molecule has 0 saturated carbocycles. The highest BCUT2D eigenvalue weighted by molar-refractivity contribution is 6.32. The fraction of sp³-hybridized carbons (Fsp3) is 0.0769. The zero-order valence-electron chi connectivity index (χ0n) is 9.24. The van der Waals surface area contributed by atoms with Gasteiger partial charge in [-0.1, -0.05) is 11.6 Å². The van der Waals surface area contributed by atoms with Crippen LogP contribution in [-0.4, -0.2) is 0 Å². The van der Waals surface area contributed by atoms with Crippen molar-refractivity contribution in [1.29, 1.82) is 0 Å².